The van der Waals surface area contributed by atoms with Crippen LogP contribution in [0.3, 0.4) is 0 Å². The number of nitrogens with one attached hydrogen (secondary N) is 2. The molecule has 1 saturated carbocycles. The molecule has 150 valence electrons. The van der Waals surface area contributed by atoms with E-state index in [-0.39, 0.29) is 24.0 Å². The largest absolute Gasteiger partial charge is 0.382 e. The molecule has 1 aliphatic rings. The van der Waals surface area contributed by atoms with Crippen molar-refractivity contribution in [3.05, 3.63) is 0 Å². The van der Waals surface area contributed by atoms with Crippen molar-refractivity contribution in [3.8, 4) is 0 Å². The first-order valence-corrected chi connectivity index (χ1v) is 10.0. The van der Waals surface area contributed by atoms with Gasteiger partial charge in [-0.05, 0) is 51.6 Å². The van der Waals surface area contributed by atoms with Crippen molar-refractivity contribution < 1.29 is 4.74 Å². The van der Waals surface area contributed by atoms with E-state index in [0.29, 0.717) is 5.41 Å². The van der Waals surface area contributed by atoms with Crippen LogP contribution in [0, 0.1) is 5.41 Å². The van der Waals surface area contributed by atoms with Crippen molar-refractivity contribution in [2.75, 3.05) is 52.5 Å². The van der Waals surface area contributed by atoms with Crippen LogP contribution < -0.4 is 10.6 Å². The molecule has 0 atom stereocenters. The Morgan fingerprint density at radius 1 is 1.08 bits per heavy atom. The molecule has 25 heavy (non-hydrogen) atoms. The molecule has 0 unspecified atom stereocenters. The fourth-order valence-corrected chi connectivity index (χ4v) is 3.51. The number of hydrogen-bond donors (Lipinski definition) is 2. The van der Waals surface area contributed by atoms with Crippen LogP contribution in [-0.2, 0) is 4.74 Å². The van der Waals surface area contributed by atoms with E-state index in [9.17, 15) is 0 Å². The van der Waals surface area contributed by atoms with Gasteiger partial charge in [0, 0.05) is 39.4 Å². The van der Waals surface area contributed by atoms with E-state index < -0.39 is 0 Å². The number of halogens is 1. The molecular weight excluding hydrogens is 427 g/mol. The first-order chi connectivity index (χ1) is 11.7. The van der Waals surface area contributed by atoms with E-state index in [4.69, 9.17) is 9.73 Å². The highest BCUT2D eigenvalue weighted by atomic mass is 127. The summed E-state index contributed by atoms with van der Waals surface area (Å²) >= 11 is 0. The van der Waals surface area contributed by atoms with Crippen LogP contribution in [0.5, 0.6) is 0 Å². The van der Waals surface area contributed by atoms with E-state index in [0.717, 1.165) is 64.9 Å². The number of likely N-dealkylation sites (N-methyl/N-ethyl adjacent to an activating group) is 1. The third kappa shape index (κ3) is 9.99. The molecule has 1 fully saturated rings. The van der Waals surface area contributed by atoms with Crippen molar-refractivity contribution >= 4 is 29.9 Å². The maximum atomic E-state index is 5.61. The summed E-state index contributed by atoms with van der Waals surface area (Å²) in [7, 11) is 0. The molecular formula is C19H41IN4O. The van der Waals surface area contributed by atoms with Crippen molar-refractivity contribution in [1.29, 1.82) is 0 Å². The lowest BCUT2D eigenvalue weighted by atomic mass is 9.83. The molecule has 0 aromatic heterocycles. The Morgan fingerprint density at radius 3 is 2.32 bits per heavy atom. The molecule has 0 aliphatic heterocycles. The Bertz CT molecular complexity index is 342. The summed E-state index contributed by atoms with van der Waals surface area (Å²) in [5.74, 6) is 0.965. The summed E-state index contributed by atoms with van der Waals surface area (Å²) in [6.07, 6.45) is 6.41. The van der Waals surface area contributed by atoms with E-state index >= 15 is 0 Å². The van der Waals surface area contributed by atoms with Gasteiger partial charge in [-0.25, -0.2) is 0 Å². The van der Waals surface area contributed by atoms with Crippen LogP contribution in [0.1, 0.15) is 59.8 Å². The van der Waals surface area contributed by atoms with Crippen LogP contribution in [0.2, 0.25) is 0 Å². The van der Waals surface area contributed by atoms with Gasteiger partial charge in [0.05, 0.1) is 0 Å². The molecule has 0 aromatic rings. The standard InChI is InChI=1S/C19H40N4O.HI/c1-5-20-18(21-14-15-23(6-2)7-3)22-17-19(11-9-10-12-19)13-16-24-8-4;/h5-17H2,1-4H3,(H2,20,21,22);1H. The van der Waals surface area contributed by atoms with Crippen LogP contribution in [0.4, 0.5) is 0 Å². The third-order valence-corrected chi connectivity index (χ3v) is 5.18. The molecule has 1 rings (SSSR count). The van der Waals surface area contributed by atoms with Crippen molar-refractivity contribution in [3.63, 3.8) is 0 Å². The predicted molar refractivity (Wildman–Crippen MR) is 119 cm³/mol. The van der Waals surface area contributed by atoms with Gasteiger partial charge in [-0.3, -0.25) is 4.99 Å². The second kappa shape index (κ2) is 15.0. The monoisotopic (exact) mass is 468 g/mol. The van der Waals surface area contributed by atoms with Gasteiger partial charge >= 0.3 is 0 Å². The Hall–Kier alpha value is -0.0800. The highest BCUT2D eigenvalue weighted by Crippen LogP contribution is 2.41. The minimum Gasteiger partial charge on any atom is -0.382 e. The van der Waals surface area contributed by atoms with Crippen LogP contribution >= 0.6 is 24.0 Å². The summed E-state index contributed by atoms with van der Waals surface area (Å²) in [4.78, 5) is 7.34. The summed E-state index contributed by atoms with van der Waals surface area (Å²) in [5.41, 5.74) is 0.358. The Morgan fingerprint density at radius 2 is 1.76 bits per heavy atom. The van der Waals surface area contributed by atoms with Crippen molar-refractivity contribution in [1.82, 2.24) is 15.5 Å². The second-order valence-electron chi connectivity index (χ2n) is 6.80. The second-order valence-corrected chi connectivity index (χ2v) is 6.80. The van der Waals surface area contributed by atoms with Crippen LogP contribution in [-0.4, -0.2) is 63.3 Å². The number of hydrogen-bond acceptors (Lipinski definition) is 3. The molecule has 0 radical (unpaired) electrons. The SMILES string of the molecule is CCNC(=NCC1(CCOCC)CCCC1)NCCN(CC)CC.I. The lowest BCUT2D eigenvalue weighted by molar-refractivity contribution is 0.107. The lowest BCUT2D eigenvalue weighted by Gasteiger charge is -2.27. The molecule has 1 aliphatic carbocycles. The van der Waals surface area contributed by atoms with Gasteiger partial charge in [-0.1, -0.05) is 26.7 Å². The maximum absolute atomic E-state index is 5.61. The maximum Gasteiger partial charge on any atom is 0.191 e. The average molecular weight is 468 g/mol. The van der Waals surface area contributed by atoms with Gasteiger partial charge < -0.3 is 20.3 Å². The molecule has 0 saturated heterocycles. The molecule has 5 nitrogen and oxygen atoms in total. The summed E-state index contributed by atoms with van der Waals surface area (Å²) in [5, 5.41) is 6.88. The fraction of sp³-hybridized carbons (Fsp3) is 0.947. The Balaban J connectivity index is 0.00000576. The third-order valence-electron chi connectivity index (χ3n) is 5.18. The molecule has 0 bridgehead atoms. The zero-order valence-corrected chi connectivity index (χ0v) is 19.2. The lowest BCUT2D eigenvalue weighted by Crippen LogP contribution is -2.42. The number of guanidine groups is 1. The Kier molecular flexibility index (Phi) is 15.0. The van der Waals surface area contributed by atoms with Gasteiger partial charge in [0.15, 0.2) is 5.96 Å². The normalized spacial score (nSPS) is 16.8. The van der Waals surface area contributed by atoms with Gasteiger partial charge in [0.2, 0.25) is 0 Å². The molecule has 6 heteroatoms. The first kappa shape index (κ1) is 24.9. The van der Waals surface area contributed by atoms with Crippen LogP contribution in [0.25, 0.3) is 0 Å². The Labute approximate surface area is 172 Å². The van der Waals surface area contributed by atoms with Gasteiger partial charge in [0.25, 0.3) is 0 Å². The smallest absolute Gasteiger partial charge is 0.191 e. The zero-order valence-electron chi connectivity index (χ0n) is 16.9. The minimum absolute atomic E-state index is 0. The van der Waals surface area contributed by atoms with E-state index in [1.54, 1.807) is 0 Å². The first-order valence-electron chi connectivity index (χ1n) is 10.0. The van der Waals surface area contributed by atoms with Crippen molar-refractivity contribution in [2.24, 2.45) is 10.4 Å². The fourth-order valence-electron chi connectivity index (χ4n) is 3.51. The summed E-state index contributed by atoms with van der Waals surface area (Å²) < 4.78 is 5.61. The van der Waals surface area contributed by atoms with Gasteiger partial charge in [-0.15, -0.1) is 24.0 Å². The minimum atomic E-state index is 0. The zero-order chi connectivity index (χ0) is 17.7. The molecule has 0 spiro atoms. The number of nitrogens with zero attached hydrogens (tertiary/aromatic N) is 2. The summed E-state index contributed by atoms with van der Waals surface area (Å²) in [6.45, 7) is 16.3. The highest BCUT2D eigenvalue weighted by molar-refractivity contribution is 14.0. The van der Waals surface area contributed by atoms with E-state index in [1.807, 2.05) is 0 Å². The van der Waals surface area contributed by atoms with Crippen molar-refractivity contribution in [2.45, 2.75) is 59.8 Å². The molecule has 0 amide bonds. The number of ether oxygens (including phenoxy) is 1. The quantitative estimate of drug-likeness (QED) is 0.199. The molecule has 0 aromatic carbocycles. The van der Waals surface area contributed by atoms with Crippen LogP contribution in [0.15, 0.2) is 4.99 Å². The van der Waals surface area contributed by atoms with Gasteiger partial charge in [-0.2, -0.15) is 0 Å². The highest BCUT2D eigenvalue weighted by Gasteiger charge is 2.33. The van der Waals surface area contributed by atoms with E-state index in [1.165, 1.54) is 25.7 Å². The summed E-state index contributed by atoms with van der Waals surface area (Å²) in [6, 6.07) is 0. The predicted octanol–water partition coefficient (Wildman–Crippen LogP) is 3.49. The average Bonchev–Trinajstić information content (AvgIpc) is 3.06. The number of rotatable bonds is 12. The van der Waals surface area contributed by atoms with E-state index in [2.05, 4.69) is 43.2 Å². The molecule has 0 heterocycles. The van der Waals surface area contributed by atoms with Gasteiger partial charge in [0.1, 0.15) is 0 Å². The topological polar surface area (TPSA) is 48.9 Å². The molecule has 2 N–H and O–H groups in total. The number of aliphatic imine (C=N–C) groups is 1.